The Balaban J connectivity index is 3.21. The van der Waals surface area contributed by atoms with Crippen LogP contribution in [0, 0.1) is 0 Å². The van der Waals surface area contributed by atoms with Crippen LogP contribution in [0.5, 0.6) is 11.5 Å². The topological polar surface area (TPSA) is 42.4 Å². The van der Waals surface area contributed by atoms with E-state index in [1.807, 2.05) is 0 Å². The summed E-state index contributed by atoms with van der Waals surface area (Å²) >= 11 is 2.77. The summed E-state index contributed by atoms with van der Waals surface area (Å²) in [6.45, 7) is 0. The van der Waals surface area contributed by atoms with E-state index in [0.717, 1.165) is 0 Å². The van der Waals surface area contributed by atoms with Crippen LogP contribution in [-0.2, 0) is 5.33 Å². The molecule has 0 radical (unpaired) electrons. The summed E-state index contributed by atoms with van der Waals surface area (Å²) in [5.41, 5.74) is -1.43. The van der Waals surface area contributed by atoms with Crippen molar-refractivity contribution in [3.8, 4) is 11.5 Å². The highest BCUT2D eigenvalue weighted by Gasteiger charge is 2.33. The van der Waals surface area contributed by atoms with E-state index in [2.05, 4.69) is 25.7 Å². The molecule has 0 saturated carbocycles. The molecule has 0 spiro atoms. The summed E-state index contributed by atoms with van der Waals surface area (Å²) < 4.78 is 64.0. The van der Waals surface area contributed by atoms with Crippen molar-refractivity contribution in [2.24, 2.45) is 0 Å². The molecule has 1 heterocycles. The van der Waals surface area contributed by atoms with Gasteiger partial charge in [-0.15, -0.1) is 13.2 Å². The molecule has 96 valence electrons. The lowest BCUT2D eigenvalue weighted by atomic mass is 10.2. The maximum absolute atomic E-state index is 12.3. The van der Waals surface area contributed by atoms with Gasteiger partial charge >= 0.3 is 6.36 Å². The van der Waals surface area contributed by atoms with Crippen molar-refractivity contribution in [1.29, 1.82) is 0 Å². The molecule has 0 aromatic carbocycles. The number of ether oxygens (including phenoxy) is 1. The van der Waals surface area contributed by atoms with Gasteiger partial charge in [-0.1, -0.05) is 15.9 Å². The molecule has 0 bridgehead atoms. The normalized spacial score (nSPS) is 11.9. The van der Waals surface area contributed by atoms with Crippen molar-refractivity contribution >= 4 is 15.9 Å². The fourth-order valence-electron chi connectivity index (χ4n) is 1.04. The molecule has 0 atom stereocenters. The second-order valence-corrected chi connectivity index (χ2v) is 3.38. The summed E-state index contributed by atoms with van der Waals surface area (Å²) in [6.07, 6.45) is -7.59. The van der Waals surface area contributed by atoms with Gasteiger partial charge in [0.25, 0.3) is 6.43 Å². The van der Waals surface area contributed by atoms with Crippen molar-refractivity contribution in [1.82, 2.24) is 4.98 Å². The zero-order valence-electron chi connectivity index (χ0n) is 7.93. The van der Waals surface area contributed by atoms with Gasteiger partial charge in [0.1, 0.15) is 5.69 Å². The van der Waals surface area contributed by atoms with E-state index in [0.29, 0.717) is 6.20 Å². The predicted molar refractivity (Wildman–Crippen MR) is 50.2 cm³/mol. The Morgan fingerprint density at radius 3 is 2.41 bits per heavy atom. The molecule has 1 aromatic heterocycles. The van der Waals surface area contributed by atoms with E-state index < -0.39 is 35.5 Å². The molecule has 9 heteroatoms. The summed E-state index contributed by atoms with van der Waals surface area (Å²) in [5.74, 6) is -1.84. The first-order chi connectivity index (χ1) is 7.76. The van der Waals surface area contributed by atoms with Crippen LogP contribution in [0.3, 0.4) is 0 Å². The molecule has 0 unspecified atom stereocenters. The van der Waals surface area contributed by atoms with Gasteiger partial charge < -0.3 is 9.84 Å². The maximum atomic E-state index is 12.3. The average molecular weight is 322 g/mol. The van der Waals surface area contributed by atoms with Gasteiger partial charge in [-0.25, -0.2) is 13.8 Å². The minimum Gasteiger partial charge on any atom is -0.505 e. The Morgan fingerprint density at radius 2 is 2.00 bits per heavy atom. The highest BCUT2D eigenvalue weighted by molar-refractivity contribution is 9.08. The molecule has 1 N–H and O–H groups in total. The standard InChI is InChI=1S/C8H5BrF5NO2/c9-1-3-4(17-8(12,13)14)2-15-5(6(3)16)7(10)11/h2,7,16H,1H2. The second kappa shape index (κ2) is 5.03. The fraction of sp³-hybridized carbons (Fsp3) is 0.375. The first-order valence-corrected chi connectivity index (χ1v) is 5.19. The molecule has 1 rings (SSSR count). The molecule has 17 heavy (non-hydrogen) atoms. The Kier molecular flexibility index (Phi) is 4.12. The third-order valence-electron chi connectivity index (χ3n) is 1.71. The zero-order valence-corrected chi connectivity index (χ0v) is 9.52. The van der Waals surface area contributed by atoms with Gasteiger partial charge in [-0.3, -0.25) is 0 Å². The molecular weight excluding hydrogens is 317 g/mol. The summed E-state index contributed by atoms with van der Waals surface area (Å²) in [5, 5.41) is 9.03. The number of aromatic hydroxyl groups is 1. The van der Waals surface area contributed by atoms with Crippen molar-refractivity contribution < 1.29 is 31.8 Å². The first-order valence-electron chi connectivity index (χ1n) is 4.07. The van der Waals surface area contributed by atoms with E-state index in [4.69, 9.17) is 0 Å². The van der Waals surface area contributed by atoms with Crippen LogP contribution in [0.1, 0.15) is 17.7 Å². The smallest absolute Gasteiger partial charge is 0.505 e. The molecule has 0 saturated heterocycles. The largest absolute Gasteiger partial charge is 0.573 e. The minimum atomic E-state index is -4.99. The number of halogens is 6. The lowest BCUT2D eigenvalue weighted by Crippen LogP contribution is -2.18. The minimum absolute atomic E-state index is 0.285. The van der Waals surface area contributed by atoms with E-state index in [1.54, 1.807) is 0 Å². The highest BCUT2D eigenvalue weighted by atomic mass is 79.9. The van der Waals surface area contributed by atoms with Crippen LogP contribution in [0.15, 0.2) is 6.20 Å². The third-order valence-corrected chi connectivity index (χ3v) is 2.27. The fourth-order valence-corrected chi connectivity index (χ4v) is 1.58. The molecular formula is C8H5BrF5NO2. The number of pyridine rings is 1. The molecule has 0 amide bonds. The lowest BCUT2D eigenvalue weighted by Gasteiger charge is -2.14. The average Bonchev–Trinajstić information content (AvgIpc) is 2.15. The van der Waals surface area contributed by atoms with Gasteiger partial charge in [0.05, 0.1) is 11.8 Å². The predicted octanol–water partition coefficient (Wildman–Crippen LogP) is 3.52. The van der Waals surface area contributed by atoms with Gasteiger partial charge in [0, 0.05) is 5.33 Å². The van der Waals surface area contributed by atoms with Crippen molar-refractivity contribution in [3.05, 3.63) is 17.5 Å². The summed E-state index contributed by atoms with van der Waals surface area (Å²) in [4.78, 5) is 3.02. The Morgan fingerprint density at radius 1 is 1.41 bits per heavy atom. The molecule has 0 aliphatic carbocycles. The molecule has 1 aromatic rings. The van der Waals surface area contributed by atoms with Gasteiger partial charge in [0.15, 0.2) is 11.5 Å². The Labute approximate surface area is 100 Å². The summed E-state index contributed by atoms with van der Waals surface area (Å²) in [6, 6.07) is 0. The number of hydrogen-bond donors (Lipinski definition) is 1. The van der Waals surface area contributed by atoms with Gasteiger partial charge in [0.2, 0.25) is 0 Å². The van der Waals surface area contributed by atoms with Crippen LogP contribution in [0.25, 0.3) is 0 Å². The van der Waals surface area contributed by atoms with Crippen molar-refractivity contribution in [2.45, 2.75) is 18.1 Å². The lowest BCUT2D eigenvalue weighted by molar-refractivity contribution is -0.275. The number of alkyl halides is 6. The van der Waals surface area contributed by atoms with Crippen LogP contribution in [0.4, 0.5) is 22.0 Å². The maximum Gasteiger partial charge on any atom is 0.573 e. The van der Waals surface area contributed by atoms with E-state index in [-0.39, 0.29) is 5.33 Å². The second-order valence-electron chi connectivity index (χ2n) is 2.82. The highest BCUT2D eigenvalue weighted by Crippen LogP contribution is 2.37. The SMILES string of the molecule is Oc1c(C(F)F)ncc(OC(F)(F)F)c1CBr. The van der Waals surface area contributed by atoms with Crippen molar-refractivity contribution in [3.63, 3.8) is 0 Å². The number of hydrogen-bond acceptors (Lipinski definition) is 3. The monoisotopic (exact) mass is 321 g/mol. The Hall–Kier alpha value is -1.12. The van der Waals surface area contributed by atoms with E-state index in [9.17, 15) is 27.1 Å². The van der Waals surface area contributed by atoms with Crippen LogP contribution < -0.4 is 4.74 Å². The zero-order chi connectivity index (χ0) is 13.2. The van der Waals surface area contributed by atoms with Crippen LogP contribution >= 0.6 is 15.9 Å². The van der Waals surface area contributed by atoms with Crippen LogP contribution in [-0.4, -0.2) is 16.5 Å². The van der Waals surface area contributed by atoms with Gasteiger partial charge in [-0.05, 0) is 0 Å². The van der Waals surface area contributed by atoms with E-state index in [1.165, 1.54) is 0 Å². The molecule has 0 aliphatic rings. The number of nitrogens with zero attached hydrogens (tertiary/aromatic N) is 1. The molecule has 0 fully saturated rings. The number of rotatable bonds is 3. The summed E-state index contributed by atoms with van der Waals surface area (Å²) in [7, 11) is 0. The molecule has 3 nitrogen and oxygen atoms in total. The Bertz CT molecular complexity index is 410. The first kappa shape index (κ1) is 13.9. The molecule has 0 aliphatic heterocycles. The van der Waals surface area contributed by atoms with Crippen molar-refractivity contribution in [2.75, 3.05) is 0 Å². The van der Waals surface area contributed by atoms with Gasteiger partial charge in [-0.2, -0.15) is 0 Å². The number of aromatic nitrogens is 1. The van der Waals surface area contributed by atoms with Crippen LogP contribution in [0.2, 0.25) is 0 Å². The quantitative estimate of drug-likeness (QED) is 0.684. The van der Waals surface area contributed by atoms with E-state index >= 15 is 0 Å². The third kappa shape index (κ3) is 3.42.